The van der Waals surface area contributed by atoms with Crippen LogP contribution in [0.25, 0.3) is 0 Å². The van der Waals surface area contributed by atoms with Crippen LogP contribution in [-0.4, -0.2) is 11.2 Å². The molecule has 0 saturated heterocycles. The van der Waals surface area contributed by atoms with Gasteiger partial charge in [-0.1, -0.05) is 63.1 Å². The molecule has 0 radical (unpaired) electrons. The molecule has 0 aromatic heterocycles. The lowest BCUT2D eigenvalue weighted by molar-refractivity contribution is 0.0379. The van der Waals surface area contributed by atoms with Crippen LogP contribution in [0.2, 0.25) is 0 Å². The van der Waals surface area contributed by atoms with Crippen molar-refractivity contribution in [1.29, 1.82) is 0 Å². The number of rotatable bonds is 3. The van der Waals surface area contributed by atoms with Gasteiger partial charge in [-0.2, -0.15) is 0 Å². The van der Waals surface area contributed by atoms with Crippen LogP contribution in [0.5, 0.6) is 0 Å². The Morgan fingerprint density at radius 3 is 2.30 bits per heavy atom. The number of hydrogen-bond donors (Lipinski definition) is 1. The molecule has 1 fully saturated rings. The van der Waals surface area contributed by atoms with E-state index in [1.165, 1.54) is 19.3 Å². The summed E-state index contributed by atoms with van der Waals surface area (Å²) < 4.78 is 0. The van der Waals surface area contributed by atoms with Gasteiger partial charge in [0, 0.05) is 11.5 Å². The molecule has 0 unspecified atom stereocenters. The normalized spacial score (nSPS) is 19.2. The van der Waals surface area contributed by atoms with E-state index in [-0.39, 0.29) is 12.0 Å². The molecule has 1 N–H and O–H groups in total. The Bertz CT molecular complexity index is 446. The van der Waals surface area contributed by atoms with Crippen LogP contribution in [0.4, 0.5) is 0 Å². The first-order valence-corrected chi connectivity index (χ1v) is 7.93. The second kappa shape index (κ2) is 7.50. The molecule has 108 valence electrons. The number of aliphatic hydroxyl groups is 1. The van der Waals surface area contributed by atoms with Gasteiger partial charge in [-0.3, -0.25) is 0 Å². The highest BCUT2D eigenvalue weighted by molar-refractivity contribution is 5.34. The predicted molar refractivity (Wildman–Crippen MR) is 84.2 cm³/mol. The molecule has 1 nitrogen and oxygen atoms in total. The maximum absolute atomic E-state index is 10.7. The van der Waals surface area contributed by atoms with Crippen LogP contribution in [0.15, 0.2) is 30.3 Å². The van der Waals surface area contributed by atoms with Crippen LogP contribution in [0, 0.1) is 29.6 Å². The topological polar surface area (TPSA) is 20.2 Å². The second-order valence-electron chi connectivity index (χ2n) is 6.29. The van der Waals surface area contributed by atoms with E-state index >= 15 is 0 Å². The number of hydrogen-bond acceptors (Lipinski definition) is 1. The second-order valence-corrected chi connectivity index (χ2v) is 6.29. The van der Waals surface area contributed by atoms with Gasteiger partial charge in [0.2, 0.25) is 0 Å². The SMILES string of the molecule is CC(C)[C@@H](C#Cc1ccccc1)[C@H](O)C1CCCCC1. The van der Waals surface area contributed by atoms with Gasteiger partial charge < -0.3 is 5.11 Å². The summed E-state index contributed by atoms with van der Waals surface area (Å²) in [5.74, 6) is 7.49. The van der Waals surface area contributed by atoms with Crippen molar-refractivity contribution in [3.8, 4) is 11.8 Å². The van der Waals surface area contributed by atoms with E-state index in [2.05, 4.69) is 25.7 Å². The van der Waals surface area contributed by atoms with E-state index in [1.807, 2.05) is 30.3 Å². The Balaban J connectivity index is 2.08. The summed E-state index contributed by atoms with van der Waals surface area (Å²) in [6, 6.07) is 10.1. The van der Waals surface area contributed by atoms with Crippen molar-refractivity contribution < 1.29 is 5.11 Å². The first-order valence-electron chi connectivity index (χ1n) is 7.93. The number of benzene rings is 1. The molecule has 1 saturated carbocycles. The number of aliphatic hydroxyl groups excluding tert-OH is 1. The van der Waals surface area contributed by atoms with E-state index in [9.17, 15) is 5.11 Å². The third kappa shape index (κ3) is 4.12. The minimum atomic E-state index is -0.272. The zero-order valence-electron chi connectivity index (χ0n) is 12.7. The molecular formula is C19H26O. The Hall–Kier alpha value is -1.26. The minimum absolute atomic E-state index is 0.0818. The zero-order chi connectivity index (χ0) is 14.4. The van der Waals surface area contributed by atoms with Gasteiger partial charge in [0.05, 0.1) is 6.10 Å². The molecular weight excluding hydrogens is 244 g/mol. The quantitative estimate of drug-likeness (QED) is 0.814. The Morgan fingerprint density at radius 2 is 1.70 bits per heavy atom. The first kappa shape index (κ1) is 15.1. The van der Waals surface area contributed by atoms with Crippen molar-refractivity contribution in [2.75, 3.05) is 0 Å². The fraction of sp³-hybridized carbons (Fsp3) is 0.579. The highest BCUT2D eigenvalue weighted by atomic mass is 16.3. The summed E-state index contributed by atoms with van der Waals surface area (Å²) >= 11 is 0. The monoisotopic (exact) mass is 270 g/mol. The summed E-state index contributed by atoms with van der Waals surface area (Å²) in [5.41, 5.74) is 1.04. The average molecular weight is 270 g/mol. The van der Waals surface area contributed by atoms with Gasteiger partial charge in [0.25, 0.3) is 0 Å². The molecule has 0 aliphatic heterocycles. The maximum Gasteiger partial charge on any atom is 0.0708 e. The summed E-state index contributed by atoms with van der Waals surface area (Å²) in [6.45, 7) is 4.33. The van der Waals surface area contributed by atoms with Gasteiger partial charge in [-0.05, 0) is 36.8 Å². The van der Waals surface area contributed by atoms with Crippen molar-refractivity contribution in [3.63, 3.8) is 0 Å². The molecule has 1 aromatic rings. The fourth-order valence-corrected chi connectivity index (χ4v) is 3.10. The minimum Gasteiger partial charge on any atom is -0.392 e. The van der Waals surface area contributed by atoms with Gasteiger partial charge in [0.15, 0.2) is 0 Å². The Kier molecular flexibility index (Phi) is 5.68. The highest BCUT2D eigenvalue weighted by Crippen LogP contribution is 2.31. The molecule has 1 aliphatic rings. The van der Waals surface area contributed by atoms with E-state index in [0.29, 0.717) is 11.8 Å². The van der Waals surface area contributed by atoms with Crippen molar-refractivity contribution in [3.05, 3.63) is 35.9 Å². The lowest BCUT2D eigenvalue weighted by Gasteiger charge is -2.31. The van der Waals surface area contributed by atoms with Gasteiger partial charge in [0.1, 0.15) is 0 Å². The summed E-state index contributed by atoms with van der Waals surface area (Å²) in [4.78, 5) is 0. The largest absolute Gasteiger partial charge is 0.392 e. The molecule has 20 heavy (non-hydrogen) atoms. The fourth-order valence-electron chi connectivity index (χ4n) is 3.10. The molecule has 1 aromatic carbocycles. The molecule has 0 amide bonds. The van der Waals surface area contributed by atoms with Crippen molar-refractivity contribution >= 4 is 0 Å². The van der Waals surface area contributed by atoms with Crippen LogP contribution >= 0.6 is 0 Å². The smallest absolute Gasteiger partial charge is 0.0708 e. The van der Waals surface area contributed by atoms with E-state index in [4.69, 9.17) is 0 Å². The Morgan fingerprint density at radius 1 is 1.05 bits per heavy atom. The zero-order valence-corrected chi connectivity index (χ0v) is 12.7. The van der Waals surface area contributed by atoms with Crippen LogP contribution < -0.4 is 0 Å². The van der Waals surface area contributed by atoms with Crippen LogP contribution in [0.3, 0.4) is 0 Å². The summed E-state index contributed by atoms with van der Waals surface area (Å²) in [7, 11) is 0. The lowest BCUT2D eigenvalue weighted by atomic mass is 9.77. The predicted octanol–water partition coefficient (Wildman–Crippen LogP) is 4.25. The molecule has 1 aliphatic carbocycles. The van der Waals surface area contributed by atoms with Gasteiger partial charge >= 0.3 is 0 Å². The summed E-state index contributed by atoms with van der Waals surface area (Å²) in [6.07, 6.45) is 5.91. The molecule has 1 heteroatoms. The van der Waals surface area contributed by atoms with Crippen molar-refractivity contribution in [1.82, 2.24) is 0 Å². The van der Waals surface area contributed by atoms with Crippen molar-refractivity contribution in [2.45, 2.75) is 52.1 Å². The lowest BCUT2D eigenvalue weighted by Crippen LogP contribution is -2.32. The third-order valence-electron chi connectivity index (χ3n) is 4.38. The Labute approximate surface area is 123 Å². The molecule has 2 atom stereocenters. The van der Waals surface area contributed by atoms with E-state index in [0.717, 1.165) is 18.4 Å². The van der Waals surface area contributed by atoms with E-state index < -0.39 is 0 Å². The van der Waals surface area contributed by atoms with Crippen LogP contribution in [-0.2, 0) is 0 Å². The first-order chi connectivity index (χ1) is 9.68. The third-order valence-corrected chi connectivity index (χ3v) is 4.38. The molecule has 0 bridgehead atoms. The molecule has 2 rings (SSSR count). The molecule has 0 heterocycles. The van der Waals surface area contributed by atoms with Crippen LogP contribution in [0.1, 0.15) is 51.5 Å². The van der Waals surface area contributed by atoms with Gasteiger partial charge in [-0.15, -0.1) is 0 Å². The summed E-state index contributed by atoms with van der Waals surface area (Å²) in [5, 5.41) is 10.7. The highest BCUT2D eigenvalue weighted by Gasteiger charge is 2.29. The maximum atomic E-state index is 10.7. The van der Waals surface area contributed by atoms with E-state index in [1.54, 1.807) is 0 Å². The van der Waals surface area contributed by atoms with Crippen molar-refractivity contribution in [2.24, 2.45) is 17.8 Å². The standard InChI is InChI=1S/C19H26O/c1-15(2)18(14-13-16-9-5-3-6-10-16)19(20)17-11-7-4-8-12-17/h3,5-6,9-10,15,17-20H,4,7-8,11-12H2,1-2H3/t18-,19-/m1/s1. The van der Waals surface area contributed by atoms with Gasteiger partial charge in [-0.25, -0.2) is 0 Å². The molecule has 0 spiro atoms. The average Bonchev–Trinajstić information content (AvgIpc) is 2.49.